The van der Waals surface area contributed by atoms with Crippen molar-refractivity contribution in [3.63, 3.8) is 0 Å². The highest BCUT2D eigenvalue weighted by Gasteiger charge is 2.26. The average molecular weight is 269 g/mol. The summed E-state index contributed by atoms with van der Waals surface area (Å²) in [6, 6.07) is 0.299. The van der Waals surface area contributed by atoms with E-state index in [1.807, 2.05) is 0 Å². The Hall–Kier alpha value is -1.67. The smallest absolute Gasteiger partial charge is 0.330 e. The molecule has 0 radical (unpaired) electrons. The molecular weight excluding hydrogens is 250 g/mol. The lowest BCUT2D eigenvalue weighted by molar-refractivity contribution is -0.384. The molecule has 1 atom stereocenters. The summed E-state index contributed by atoms with van der Waals surface area (Å²) in [6.45, 7) is 1.89. The molecule has 1 aromatic heterocycles. The van der Waals surface area contributed by atoms with Gasteiger partial charge >= 0.3 is 5.69 Å². The molecule has 0 spiro atoms. The molecule has 106 valence electrons. The highest BCUT2D eigenvalue weighted by atomic mass is 16.6. The lowest BCUT2D eigenvalue weighted by Gasteiger charge is -2.24. The van der Waals surface area contributed by atoms with Crippen molar-refractivity contribution in [2.45, 2.75) is 18.9 Å². The number of hydrogen-bond acceptors (Lipinski definition) is 6. The summed E-state index contributed by atoms with van der Waals surface area (Å²) in [5, 5.41) is 27.7. The van der Waals surface area contributed by atoms with Gasteiger partial charge in [-0.2, -0.15) is 0 Å². The minimum Gasteiger partial charge on any atom is -0.395 e. The van der Waals surface area contributed by atoms with E-state index in [2.05, 4.69) is 10.4 Å². The minimum atomic E-state index is -0.436. The molecule has 0 saturated carbocycles. The van der Waals surface area contributed by atoms with Crippen molar-refractivity contribution in [2.75, 3.05) is 31.1 Å². The van der Waals surface area contributed by atoms with Gasteiger partial charge in [0.05, 0.1) is 11.5 Å². The predicted octanol–water partition coefficient (Wildman–Crippen LogP) is -0.121. The minimum absolute atomic E-state index is 0.0195. The zero-order valence-corrected chi connectivity index (χ0v) is 10.9. The third-order valence-electron chi connectivity index (χ3n) is 3.26. The Morgan fingerprint density at radius 2 is 2.53 bits per heavy atom. The van der Waals surface area contributed by atoms with Gasteiger partial charge in [0, 0.05) is 26.2 Å². The molecule has 2 heterocycles. The molecule has 1 aliphatic heterocycles. The maximum absolute atomic E-state index is 11.0. The fourth-order valence-electron chi connectivity index (χ4n) is 2.40. The SMILES string of the molecule is Cn1cc([N+](=O)[O-])c(N(CCO)CC2CCCN2)n1. The number of nitrogens with zero attached hydrogens (tertiary/aromatic N) is 4. The van der Waals surface area contributed by atoms with Crippen molar-refractivity contribution in [3.8, 4) is 0 Å². The molecule has 1 unspecified atom stereocenters. The fraction of sp³-hybridized carbons (Fsp3) is 0.727. The fourth-order valence-corrected chi connectivity index (χ4v) is 2.40. The number of hydrogen-bond donors (Lipinski definition) is 2. The molecule has 1 aromatic rings. The van der Waals surface area contributed by atoms with Crippen LogP contribution < -0.4 is 10.2 Å². The summed E-state index contributed by atoms with van der Waals surface area (Å²) in [7, 11) is 1.65. The number of anilines is 1. The normalized spacial score (nSPS) is 18.7. The topological polar surface area (TPSA) is 96.5 Å². The summed E-state index contributed by atoms with van der Waals surface area (Å²) in [4.78, 5) is 12.4. The van der Waals surface area contributed by atoms with Crippen LogP contribution in [0, 0.1) is 10.1 Å². The van der Waals surface area contributed by atoms with E-state index in [1.54, 1.807) is 11.9 Å². The van der Waals surface area contributed by atoms with Crippen LogP contribution in [-0.4, -0.2) is 52.1 Å². The van der Waals surface area contributed by atoms with Gasteiger partial charge in [0.1, 0.15) is 6.20 Å². The molecule has 1 aliphatic rings. The van der Waals surface area contributed by atoms with Gasteiger partial charge < -0.3 is 15.3 Å². The van der Waals surface area contributed by atoms with Gasteiger partial charge in [0.25, 0.3) is 0 Å². The highest BCUT2D eigenvalue weighted by Crippen LogP contribution is 2.26. The number of nitrogens with one attached hydrogen (secondary N) is 1. The molecule has 1 saturated heterocycles. The molecule has 2 N–H and O–H groups in total. The van der Waals surface area contributed by atoms with Crippen LogP contribution in [0.2, 0.25) is 0 Å². The van der Waals surface area contributed by atoms with Crippen molar-refractivity contribution < 1.29 is 10.0 Å². The average Bonchev–Trinajstić information content (AvgIpc) is 2.97. The molecule has 8 heteroatoms. The van der Waals surface area contributed by atoms with Gasteiger partial charge in [-0.3, -0.25) is 14.8 Å². The second-order valence-electron chi connectivity index (χ2n) is 4.73. The lowest BCUT2D eigenvalue weighted by Crippen LogP contribution is -2.39. The Kier molecular flexibility index (Phi) is 4.33. The summed E-state index contributed by atoms with van der Waals surface area (Å²) >= 11 is 0. The number of nitro groups is 1. The first-order valence-corrected chi connectivity index (χ1v) is 6.39. The standard InChI is InChI=1S/C11H19N5O3/c1-14-8-10(16(18)19)11(13-14)15(5-6-17)7-9-3-2-4-12-9/h8-9,12,17H,2-7H2,1H3. The monoisotopic (exact) mass is 269 g/mol. The Labute approximate surface area is 111 Å². The van der Waals surface area contributed by atoms with Gasteiger partial charge in [0.15, 0.2) is 0 Å². The maximum atomic E-state index is 11.0. The third kappa shape index (κ3) is 3.21. The summed E-state index contributed by atoms with van der Waals surface area (Å²) in [6.07, 6.45) is 3.55. The summed E-state index contributed by atoms with van der Waals surface area (Å²) in [5.74, 6) is 0.329. The second kappa shape index (κ2) is 5.98. The van der Waals surface area contributed by atoms with E-state index in [4.69, 9.17) is 5.11 Å². The molecule has 8 nitrogen and oxygen atoms in total. The highest BCUT2D eigenvalue weighted by molar-refractivity contribution is 5.56. The van der Waals surface area contributed by atoms with Crippen molar-refractivity contribution in [3.05, 3.63) is 16.3 Å². The first-order valence-electron chi connectivity index (χ1n) is 6.39. The summed E-state index contributed by atoms with van der Waals surface area (Å²) in [5.41, 5.74) is -0.0195. The molecule has 0 aromatic carbocycles. The summed E-state index contributed by atoms with van der Waals surface area (Å²) < 4.78 is 1.43. The second-order valence-corrected chi connectivity index (χ2v) is 4.73. The number of aliphatic hydroxyl groups excluding tert-OH is 1. The van der Waals surface area contributed by atoms with Crippen LogP contribution >= 0.6 is 0 Å². The number of aryl methyl sites for hydroxylation is 1. The van der Waals surface area contributed by atoms with Crippen LogP contribution in [0.15, 0.2) is 6.20 Å². The van der Waals surface area contributed by atoms with E-state index < -0.39 is 4.92 Å². The van der Waals surface area contributed by atoms with Crippen LogP contribution in [0.3, 0.4) is 0 Å². The maximum Gasteiger partial charge on any atom is 0.330 e. The molecule has 2 rings (SSSR count). The molecular formula is C11H19N5O3. The molecule has 0 amide bonds. The lowest BCUT2D eigenvalue weighted by atomic mass is 10.2. The van der Waals surface area contributed by atoms with Crippen LogP contribution in [-0.2, 0) is 7.05 Å². The van der Waals surface area contributed by atoms with E-state index >= 15 is 0 Å². The third-order valence-corrected chi connectivity index (χ3v) is 3.26. The molecule has 19 heavy (non-hydrogen) atoms. The number of aliphatic hydroxyl groups is 1. The van der Waals surface area contributed by atoms with E-state index in [9.17, 15) is 10.1 Å². The van der Waals surface area contributed by atoms with Crippen molar-refractivity contribution in [1.82, 2.24) is 15.1 Å². The van der Waals surface area contributed by atoms with Crippen molar-refractivity contribution in [2.24, 2.45) is 7.05 Å². The van der Waals surface area contributed by atoms with Crippen LogP contribution in [0.4, 0.5) is 11.5 Å². The zero-order valence-electron chi connectivity index (χ0n) is 10.9. The Morgan fingerprint density at radius 1 is 1.74 bits per heavy atom. The quantitative estimate of drug-likeness (QED) is 0.552. The van der Waals surface area contributed by atoms with Crippen LogP contribution in [0.25, 0.3) is 0 Å². The Bertz CT molecular complexity index is 442. The number of aromatic nitrogens is 2. The largest absolute Gasteiger partial charge is 0.395 e. The number of rotatable bonds is 6. The van der Waals surface area contributed by atoms with Crippen molar-refractivity contribution in [1.29, 1.82) is 0 Å². The van der Waals surface area contributed by atoms with Gasteiger partial charge in [-0.25, -0.2) is 0 Å². The molecule has 0 aliphatic carbocycles. The predicted molar refractivity (Wildman–Crippen MR) is 70.2 cm³/mol. The zero-order chi connectivity index (χ0) is 13.8. The van der Waals surface area contributed by atoms with E-state index in [1.165, 1.54) is 10.9 Å². The first kappa shape index (κ1) is 13.8. The van der Waals surface area contributed by atoms with Gasteiger partial charge in [-0.05, 0) is 19.4 Å². The Morgan fingerprint density at radius 3 is 3.11 bits per heavy atom. The van der Waals surface area contributed by atoms with E-state index in [-0.39, 0.29) is 12.3 Å². The Balaban J connectivity index is 2.19. The van der Waals surface area contributed by atoms with Gasteiger partial charge in [-0.1, -0.05) is 0 Å². The van der Waals surface area contributed by atoms with E-state index in [0.717, 1.165) is 19.4 Å². The van der Waals surface area contributed by atoms with E-state index in [0.29, 0.717) is 24.9 Å². The van der Waals surface area contributed by atoms with Crippen LogP contribution in [0.1, 0.15) is 12.8 Å². The molecule has 0 bridgehead atoms. The van der Waals surface area contributed by atoms with Crippen molar-refractivity contribution >= 4 is 11.5 Å². The van der Waals surface area contributed by atoms with Gasteiger partial charge in [0.2, 0.25) is 5.82 Å². The first-order chi connectivity index (χ1) is 9.11. The van der Waals surface area contributed by atoms with Crippen LogP contribution in [0.5, 0.6) is 0 Å². The molecule has 1 fully saturated rings. The van der Waals surface area contributed by atoms with Gasteiger partial charge in [-0.15, -0.1) is 5.10 Å².